The highest BCUT2D eigenvalue weighted by Gasteiger charge is 2.18. The summed E-state index contributed by atoms with van der Waals surface area (Å²) in [6.45, 7) is 6.78. The molecule has 1 aliphatic heterocycles. The normalized spacial score (nSPS) is 14.9. The maximum Gasteiger partial charge on any atom is 0.233 e. The number of hydrogen-bond donors (Lipinski definition) is 2. The van der Waals surface area contributed by atoms with Crippen LogP contribution in [0.5, 0.6) is 0 Å². The fraction of sp³-hybridized carbons (Fsp3) is 0.381. The zero-order valence-corrected chi connectivity index (χ0v) is 17.5. The number of hydrogen-bond acceptors (Lipinski definition) is 6. The van der Waals surface area contributed by atoms with E-state index in [1.807, 2.05) is 43.3 Å². The van der Waals surface area contributed by atoms with Gasteiger partial charge in [0, 0.05) is 48.9 Å². The Morgan fingerprint density at radius 3 is 2.62 bits per heavy atom. The number of thioether (sulfide) groups is 1. The molecule has 2 amide bonds. The number of carbonyl (C=O) groups excluding carboxylic acids is 2. The van der Waals surface area contributed by atoms with Gasteiger partial charge in [0.25, 0.3) is 0 Å². The molecule has 1 atom stereocenters. The van der Waals surface area contributed by atoms with Crippen LogP contribution in [0, 0.1) is 0 Å². The molecule has 2 N–H and O–H groups in total. The fourth-order valence-corrected chi connectivity index (χ4v) is 3.92. The van der Waals surface area contributed by atoms with Gasteiger partial charge in [-0.25, -0.2) is 4.98 Å². The van der Waals surface area contributed by atoms with Crippen molar-refractivity contribution in [2.24, 2.45) is 0 Å². The van der Waals surface area contributed by atoms with Crippen molar-refractivity contribution in [3.8, 4) is 0 Å². The molecule has 1 aromatic heterocycles. The van der Waals surface area contributed by atoms with Gasteiger partial charge >= 0.3 is 0 Å². The first kappa shape index (κ1) is 21.1. The fourth-order valence-electron chi connectivity index (χ4n) is 3.03. The molecule has 1 unspecified atom stereocenters. The maximum atomic E-state index is 12.6. The van der Waals surface area contributed by atoms with Gasteiger partial charge in [-0.3, -0.25) is 9.59 Å². The Morgan fingerprint density at radius 1 is 1.21 bits per heavy atom. The summed E-state index contributed by atoms with van der Waals surface area (Å²) in [6.07, 6.45) is 1.78. The molecule has 3 rings (SSSR count). The standard InChI is InChI=1S/C21H26N4O3S/c1-15(29-19-7-5-18(6-8-19)24-16(2)26)21(27)23-14-17-4-3-9-22-20(17)25-10-12-28-13-11-25/h3-9,15H,10-14H2,1-2H3,(H,23,27)(H,24,26). The third-order valence-corrected chi connectivity index (χ3v) is 5.60. The highest BCUT2D eigenvalue weighted by molar-refractivity contribution is 8.00. The topological polar surface area (TPSA) is 83.6 Å². The first-order valence-electron chi connectivity index (χ1n) is 9.61. The molecule has 1 saturated heterocycles. The van der Waals surface area contributed by atoms with Crippen LogP contribution in [0.25, 0.3) is 0 Å². The molecule has 0 aliphatic carbocycles. The Hall–Kier alpha value is -2.58. The molecule has 2 aromatic rings. The van der Waals surface area contributed by atoms with Crippen LogP contribution in [0.2, 0.25) is 0 Å². The van der Waals surface area contributed by atoms with E-state index >= 15 is 0 Å². The van der Waals surface area contributed by atoms with Crippen LogP contribution in [0.1, 0.15) is 19.4 Å². The Kier molecular flexibility index (Phi) is 7.48. The lowest BCUT2D eigenvalue weighted by molar-refractivity contribution is -0.120. The Bertz CT molecular complexity index is 838. The highest BCUT2D eigenvalue weighted by atomic mass is 32.2. The van der Waals surface area contributed by atoms with E-state index in [1.165, 1.54) is 18.7 Å². The molecular formula is C21H26N4O3S. The Morgan fingerprint density at radius 2 is 1.93 bits per heavy atom. The quantitative estimate of drug-likeness (QED) is 0.678. The lowest BCUT2D eigenvalue weighted by Crippen LogP contribution is -2.38. The molecule has 2 heterocycles. The molecule has 1 fully saturated rings. The molecule has 29 heavy (non-hydrogen) atoms. The van der Waals surface area contributed by atoms with Crippen molar-refractivity contribution in [3.05, 3.63) is 48.2 Å². The molecule has 0 radical (unpaired) electrons. The highest BCUT2D eigenvalue weighted by Crippen LogP contribution is 2.25. The second kappa shape index (κ2) is 10.3. The number of nitrogens with zero attached hydrogens (tertiary/aromatic N) is 2. The van der Waals surface area contributed by atoms with E-state index in [1.54, 1.807) is 6.20 Å². The van der Waals surface area contributed by atoms with Crippen LogP contribution in [0.4, 0.5) is 11.5 Å². The van der Waals surface area contributed by atoms with Gasteiger partial charge in [0.1, 0.15) is 5.82 Å². The second-order valence-corrected chi connectivity index (χ2v) is 8.18. The van der Waals surface area contributed by atoms with Crippen LogP contribution in [0.3, 0.4) is 0 Å². The van der Waals surface area contributed by atoms with E-state index in [9.17, 15) is 9.59 Å². The van der Waals surface area contributed by atoms with Gasteiger partial charge in [-0.15, -0.1) is 11.8 Å². The number of pyridine rings is 1. The van der Waals surface area contributed by atoms with E-state index in [0.717, 1.165) is 35.1 Å². The Balaban J connectivity index is 1.54. The smallest absolute Gasteiger partial charge is 0.233 e. The van der Waals surface area contributed by atoms with E-state index < -0.39 is 0 Å². The minimum absolute atomic E-state index is 0.0299. The number of rotatable bonds is 7. The summed E-state index contributed by atoms with van der Waals surface area (Å²) < 4.78 is 5.41. The largest absolute Gasteiger partial charge is 0.378 e. The van der Waals surface area contributed by atoms with E-state index in [-0.39, 0.29) is 17.1 Å². The van der Waals surface area contributed by atoms with Gasteiger partial charge in [0.15, 0.2) is 0 Å². The number of ether oxygens (including phenoxy) is 1. The summed E-state index contributed by atoms with van der Waals surface area (Å²) in [4.78, 5) is 31.3. The minimum Gasteiger partial charge on any atom is -0.378 e. The predicted molar refractivity (Wildman–Crippen MR) is 115 cm³/mol. The lowest BCUT2D eigenvalue weighted by atomic mass is 10.2. The average Bonchev–Trinajstić information content (AvgIpc) is 2.74. The molecule has 8 heteroatoms. The number of amides is 2. The van der Waals surface area contributed by atoms with Crippen LogP contribution < -0.4 is 15.5 Å². The third-order valence-electron chi connectivity index (χ3n) is 4.49. The van der Waals surface area contributed by atoms with Crippen molar-refractivity contribution in [1.82, 2.24) is 10.3 Å². The Labute approximate surface area is 175 Å². The van der Waals surface area contributed by atoms with Crippen LogP contribution >= 0.6 is 11.8 Å². The van der Waals surface area contributed by atoms with Gasteiger partial charge in [-0.05, 0) is 37.3 Å². The van der Waals surface area contributed by atoms with Crippen molar-refractivity contribution in [3.63, 3.8) is 0 Å². The summed E-state index contributed by atoms with van der Waals surface area (Å²) in [5, 5.41) is 5.51. The molecule has 1 aliphatic rings. The SMILES string of the molecule is CC(=O)Nc1ccc(SC(C)C(=O)NCc2cccnc2N2CCOCC2)cc1. The molecule has 0 saturated carbocycles. The van der Waals surface area contributed by atoms with Gasteiger partial charge in [-0.2, -0.15) is 0 Å². The van der Waals surface area contributed by atoms with Gasteiger partial charge in [0.2, 0.25) is 11.8 Å². The number of carbonyl (C=O) groups is 2. The van der Waals surface area contributed by atoms with E-state index in [0.29, 0.717) is 19.8 Å². The van der Waals surface area contributed by atoms with Crippen LogP contribution in [0.15, 0.2) is 47.5 Å². The molecule has 0 bridgehead atoms. The zero-order valence-electron chi connectivity index (χ0n) is 16.7. The summed E-state index contributed by atoms with van der Waals surface area (Å²) in [5.74, 6) is 0.771. The van der Waals surface area contributed by atoms with E-state index in [2.05, 4.69) is 20.5 Å². The number of nitrogens with one attached hydrogen (secondary N) is 2. The number of aromatic nitrogens is 1. The van der Waals surface area contributed by atoms with Crippen LogP contribution in [-0.4, -0.2) is 48.4 Å². The molecule has 1 aromatic carbocycles. The van der Waals surface area contributed by atoms with Gasteiger partial charge in [0.05, 0.1) is 18.5 Å². The lowest BCUT2D eigenvalue weighted by Gasteiger charge is -2.29. The summed E-state index contributed by atoms with van der Waals surface area (Å²) >= 11 is 1.48. The third kappa shape index (κ3) is 6.20. The minimum atomic E-state index is -0.245. The maximum absolute atomic E-state index is 12.6. The second-order valence-electron chi connectivity index (χ2n) is 6.77. The molecular weight excluding hydrogens is 388 g/mol. The summed E-state index contributed by atoms with van der Waals surface area (Å²) in [7, 11) is 0. The van der Waals surface area contributed by atoms with Crippen molar-refractivity contribution in [2.75, 3.05) is 36.5 Å². The molecule has 0 spiro atoms. The van der Waals surface area contributed by atoms with Crippen LogP contribution in [-0.2, 0) is 20.9 Å². The monoisotopic (exact) mass is 414 g/mol. The summed E-state index contributed by atoms with van der Waals surface area (Å²) in [5.41, 5.74) is 1.74. The van der Waals surface area contributed by atoms with Crippen molar-refractivity contribution >= 4 is 35.1 Å². The van der Waals surface area contributed by atoms with E-state index in [4.69, 9.17) is 4.74 Å². The number of morpholine rings is 1. The summed E-state index contributed by atoms with van der Waals surface area (Å²) in [6, 6.07) is 11.4. The van der Waals surface area contributed by atoms with Crippen molar-refractivity contribution in [1.29, 1.82) is 0 Å². The van der Waals surface area contributed by atoms with Gasteiger partial charge in [-0.1, -0.05) is 6.07 Å². The van der Waals surface area contributed by atoms with Gasteiger partial charge < -0.3 is 20.3 Å². The van der Waals surface area contributed by atoms with Crippen molar-refractivity contribution in [2.45, 2.75) is 30.5 Å². The average molecular weight is 415 g/mol. The predicted octanol–water partition coefficient (Wildman–Crippen LogP) is 2.67. The first-order valence-corrected chi connectivity index (χ1v) is 10.5. The number of benzene rings is 1. The molecule has 7 nitrogen and oxygen atoms in total. The number of anilines is 2. The van der Waals surface area contributed by atoms with Crippen molar-refractivity contribution < 1.29 is 14.3 Å². The zero-order chi connectivity index (χ0) is 20.6. The first-order chi connectivity index (χ1) is 14.0. The molecule has 154 valence electrons.